The van der Waals surface area contributed by atoms with Gasteiger partial charge in [0.2, 0.25) is 0 Å². The van der Waals surface area contributed by atoms with Crippen LogP contribution in [0.1, 0.15) is 33.1 Å². The van der Waals surface area contributed by atoms with Gasteiger partial charge in [-0.1, -0.05) is 33.1 Å². The lowest BCUT2D eigenvalue weighted by molar-refractivity contribution is 0.534. The minimum absolute atomic E-state index is 1.14. The molecule has 0 aliphatic carbocycles. The van der Waals surface area contributed by atoms with Crippen LogP contribution in [0.25, 0.3) is 0 Å². The van der Waals surface area contributed by atoms with Gasteiger partial charge in [0.1, 0.15) is 0 Å². The van der Waals surface area contributed by atoms with Crippen LogP contribution in [-0.2, 0) is 0 Å². The summed E-state index contributed by atoms with van der Waals surface area (Å²) < 4.78 is 0. The van der Waals surface area contributed by atoms with Crippen LogP contribution in [0, 0.1) is 0 Å². The molecule has 0 atom stereocenters. The molecular weight excluding hydrogens is 136 g/mol. The van der Waals surface area contributed by atoms with E-state index in [1.54, 1.807) is 0 Å². The molecule has 2 N–H and O–H groups in total. The molecule has 1 aliphatic heterocycles. The van der Waals surface area contributed by atoms with Gasteiger partial charge in [0, 0.05) is 26.2 Å². The van der Waals surface area contributed by atoms with Gasteiger partial charge < -0.3 is 10.6 Å². The van der Waals surface area contributed by atoms with Crippen molar-refractivity contribution in [1.82, 2.24) is 10.6 Å². The SMILES string of the molecule is C1CNCCN1.CCCCC. The van der Waals surface area contributed by atoms with Gasteiger partial charge in [0.15, 0.2) is 0 Å². The van der Waals surface area contributed by atoms with Gasteiger partial charge in [-0.3, -0.25) is 0 Å². The predicted octanol–water partition coefficient (Wildman–Crippen LogP) is 1.38. The molecule has 0 spiro atoms. The highest BCUT2D eigenvalue weighted by molar-refractivity contribution is 4.59. The molecule has 0 bridgehead atoms. The van der Waals surface area contributed by atoms with Gasteiger partial charge in [0.25, 0.3) is 0 Å². The summed E-state index contributed by atoms with van der Waals surface area (Å²) in [5, 5.41) is 6.44. The zero-order valence-corrected chi connectivity index (χ0v) is 7.95. The van der Waals surface area contributed by atoms with Gasteiger partial charge in [-0.25, -0.2) is 0 Å². The standard InChI is InChI=1S/C5H12.C4H10N2/c1-3-5-4-2;1-2-6-4-3-5-1/h3-5H2,1-2H3;5-6H,1-4H2. The minimum Gasteiger partial charge on any atom is -0.314 e. The summed E-state index contributed by atoms with van der Waals surface area (Å²) in [7, 11) is 0. The van der Waals surface area contributed by atoms with Gasteiger partial charge >= 0.3 is 0 Å². The number of unbranched alkanes of at least 4 members (excludes halogenated alkanes) is 2. The maximum atomic E-state index is 3.22. The van der Waals surface area contributed by atoms with Crippen LogP contribution >= 0.6 is 0 Å². The smallest absolute Gasteiger partial charge is 0.00772 e. The Morgan fingerprint density at radius 1 is 0.818 bits per heavy atom. The summed E-state index contributed by atoms with van der Waals surface area (Å²) in [6.45, 7) is 8.98. The van der Waals surface area contributed by atoms with E-state index >= 15 is 0 Å². The van der Waals surface area contributed by atoms with E-state index in [9.17, 15) is 0 Å². The molecule has 1 saturated heterocycles. The molecule has 2 nitrogen and oxygen atoms in total. The van der Waals surface area contributed by atoms with Crippen molar-refractivity contribution in [3.8, 4) is 0 Å². The molecule has 68 valence electrons. The molecule has 0 aromatic heterocycles. The van der Waals surface area contributed by atoms with Gasteiger partial charge in [-0.2, -0.15) is 0 Å². The second kappa shape index (κ2) is 9.92. The van der Waals surface area contributed by atoms with Crippen molar-refractivity contribution in [1.29, 1.82) is 0 Å². The Balaban J connectivity index is 0.000000187. The summed E-state index contributed by atoms with van der Waals surface area (Å²) in [5.41, 5.74) is 0. The Morgan fingerprint density at radius 3 is 1.27 bits per heavy atom. The molecule has 11 heavy (non-hydrogen) atoms. The summed E-state index contributed by atoms with van der Waals surface area (Å²) in [6, 6.07) is 0. The highest BCUT2D eigenvalue weighted by Crippen LogP contribution is 1.88. The van der Waals surface area contributed by atoms with Crippen LogP contribution in [0.2, 0.25) is 0 Å². The van der Waals surface area contributed by atoms with Crippen LogP contribution < -0.4 is 10.6 Å². The summed E-state index contributed by atoms with van der Waals surface area (Å²) in [5.74, 6) is 0. The van der Waals surface area contributed by atoms with Gasteiger partial charge in [0.05, 0.1) is 0 Å². The number of piperazine rings is 1. The summed E-state index contributed by atoms with van der Waals surface area (Å²) >= 11 is 0. The van der Waals surface area contributed by atoms with Crippen molar-refractivity contribution in [2.75, 3.05) is 26.2 Å². The van der Waals surface area contributed by atoms with Crippen molar-refractivity contribution in [2.45, 2.75) is 33.1 Å². The average molecular weight is 158 g/mol. The lowest BCUT2D eigenvalue weighted by atomic mass is 10.3. The topological polar surface area (TPSA) is 24.1 Å². The molecule has 2 heteroatoms. The van der Waals surface area contributed by atoms with Crippen LogP contribution in [0.15, 0.2) is 0 Å². The van der Waals surface area contributed by atoms with Crippen molar-refractivity contribution in [3.63, 3.8) is 0 Å². The van der Waals surface area contributed by atoms with Crippen molar-refractivity contribution in [3.05, 3.63) is 0 Å². The van der Waals surface area contributed by atoms with Crippen molar-refractivity contribution in [2.24, 2.45) is 0 Å². The predicted molar refractivity (Wildman–Crippen MR) is 50.9 cm³/mol. The Kier molecular flexibility index (Phi) is 9.85. The zero-order valence-electron chi connectivity index (χ0n) is 7.95. The molecule has 0 radical (unpaired) electrons. The largest absolute Gasteiger partial charge is 0.314 e. The molecule has 0 unspecified atom stereocenters. The van der Waals surface area contributed by atoms with Gasteiger partial charge in [-0.15, -0.1) is 0 Å². The average Bonchev–Trinajstić information content (AvgIpc) is 2.10. The first-order valence-electron chi connectivity index (χ1n) is 4.83. The normalized spacial score (nSPS) is 16.9. The molecule has 1 heterocycles. The lowest BCUT2D eigenvalue weighted by Gasteiger charge is -2.11. The van der Waals surface area contributed by atoms with E-state index in [2.05, 4.69) is 24.5 Å². The number of rotatable bonds is 2. The van der Waals surface area contributed by atoms with Crippen LogP contribution in [0.5, 0.6) is 0 Å². The third-order valence-corrected chi connectivity index (χ3v) is 1.66. The first-order chi connectivity index (χ1) is 5.41. The van der Waals surface area contributed by atoms with E-state index in [-0.39, 0.29) is 0 Å². The molecule has 1 fully saturated rings. The Hall–Kier alpha value is -0.0800. The number of hydrogen-bond donors (Lipinski definition) is 2. The molecular formula is C9H22N2. The van der Waals surface area contributed by atoms with E-state index in [0.29, 0.717) is 0 Å². The van der Waals surface area contributed by atoms with Gasteiger partial charge in [-0.05, 0) is 0 Å². The molecule has 0 amide bonds. The second-order valence-corrected chi connectivity index (χ2v) is 2.85. The highest BCUT2D eigenvalue weighted by Gasteiger charge is 1.91. The Labute approximate surface area is 70.8 Å². The van der Waals surface area contributed by atoms with E-state index in [0.717, 1.165) is 26.2 Å². The van der Waals surface area contributed by atoms with Crippen LogP contribution in [0.3, 0.4) is 0 Å². The first-order valence-corrected chi connectivity index (χ1v) is 4.83. The highest BCUT2D eigenvalue weighted by atomic mass is 15.0. The second-order valence-electron chi connectivity index (χ2n) is 2.85. The van der Waals surface area contributed by atoms with E-state index in [1.807, 2.05) is 0 Å². The quantitative estimate of drug-likeness (QED) is 0.634. The molecule has 0 aromatic rings. The fourth-order valence-electron chi connectivity index (χ4n) is 0.957. The fourth-order valence-corrected chi connectivity index (χ4v) is 0.957. The maximum Gasteiger partial charge on any atom is 0.00772 e. The van der Waals surface area contributed by atoms with Crippen LogP contribution in [0.4, 0.5) is 0 Å². The number of nitrogens with one attached hydrogen (secondary N) is 2. The lowest BCUT2D eigenvalue weighted by Crippen LogP contribution is -2.39. The van der Waals surface area contributed by atoms with Crippen molar-refractivity contribution >= 4 is 0 Å². The van der Waals surface area contributed by atoms with Crippen LogP contribution in [-0.4, -0.2) is 26.2 Å². The monoisotopic (exact) mass is 158 g/mol. The zero-order chi connectivity index (χ0) is 8.36. The molecule has 0 saturated carbocycles. The minimum atomic E-state index is 1.14. The molecule has 1 aliphatic rings. The summed E-state index contributed by atoms with van der Waals surface area (Å²) in [6.07, 6.45) is 4.08. The third-order valence-electron chi connectivity index (χ3n) is 1.66. The Morgan fingerprint density at radius 2 is 1.18 bits per heavy atom. The van der Waals surface area contributed by atoms with Crippen molar-refractivity contribution < 1.29 is 0 Å². The van der Waals surface area contributed by atoms with E-state index in [1.165, 1.54) is 19.3 Å². The first kappa shape index (κ1) is 10.9. The Bertz CT molecular complexity index is 47.1. The van der Waals surface area contributed by atoms with E-state index in [4.69, 9.17) is 0 Å². The maximum absolute atomic E-state index is 3.22. The summed E-state index contributed by atoms with van der Waals surface area (Å²) in [4.78, 5) is 0. The molecule has 0 aromatic carbocycles. The molecule has 1 rings (SSSR count). The van der Waals surface area contributed by atoms with E-state index < -0.39 is 0 Å². The fraction of sp³-hybridized carbons (Fsp3) is 1.00. The third kappa shape index (κ3) is 9.92. The number of hydrogen-bond acceptors (Lipinski definition) is 2.